The van der Waals surface area contributed by atoms with E-state index in [1.807, 2.05) is 30.3 Å². The van der Waals surface area contributed by atoms with E-state index in [-0.39, 0.29) is 0 Å². The minimum absolute atomic E-state index is 0.796. The van der Waals surface area contributed by atoms with E-state index in [2.05, 4.69) is 10.0 Å². The number of benzene rings is 1. The van der Waals surface area contributed by atoms with Crippen LogP contribution in [0, 0.1) is 0 Å². The van der Waals surface area contributed by atoms with Gasteiger partial charge >= 0.3 is 0 Å². The van der Waals surface area contributed by atoms with Gasteiger partial charge in [0.25, 0.3) is 0 Å². The smallest absolute Gasteiger partial charge is 0.108 e. The molecule has 0 aromatic heterocycles. The van der Waals surface area contributed by atoms with E-state index in [0.717, 1.165) is 5.56 Å². The lowest BCUT2D eigenvalue weighted by atomic mass is 10.1. The first-order valence-corrected chi connectivity index (χ1v) is 3.85. The zero-order valence-electron chi connectivity index (χ0n) is 6.61. The average molecular weight is 182 g/mol. The van der Waals surface area contributed by atoms with E-state index in [1.165, 1.54) is 0 Å². The SMILES string of the molecule is CC(Cl)(N=[N+]=[N-])c1ccccc1. The van der Waals surface area contributed by atoms with Crippen LogP contribution in [0.15, 0.2) is 35.4 Å². The molecule has 0 heterocycles. The first-order valence-electron chi connectivity index (χ1n) is 3.47. The van der Waals surface area contributed by atoms with E-state index in [4.69, 9.17) is 17.1 Å². The molecule has 1 aromatic rings. The van der Waals surface area contributed by atoms with Gasteiger partial charge in [0.2, 0.25) is 0 Å². The molecule has 0 aliphatic heterocycles. The number of alkyl halides is 1. The van der Waals surface area contributed by atoms with Crippen LogP contribution in [0.1, 0.15) is 12.5 Å². The van der Waals surface area contributed by atoms with Gasteiger partial charge in [-0.2, -0.15) is 0 Å². The summed E-state index contributed by atoms with van der Waals surface area (Å²) in [7, 11) is 0. The molecular weight excluding hydrogens is 174 g/mol. The molecule has 0 bridgehead atoms. The molecule has 12 heavy (non-hydrogen) atoms. The molecule has 0 N–H and O–H groups in total. The van der Waals surface area contributed by atoms with Crippen molar-refractivity contribution in [3.05, 3.63) is 46.3 Å². The summed E-state index contributed by atoms with van der Waals surface area (Å²) in [5, 5.41) is 3.47. The van der Waals surface area contributed by atoms with Crippen molar-refractivity contribution in [3.8, 4) is 0 Å². The van der Waals surface area contributed by atoms with Gasteiger partial charge in [-0.1, -0.05) is 35.4 Å². The van der Waals surface area contributed by atoms with Crippen molar-refractivity contribution < 1.29 is 0 Å². The molecule has 0 radical (unpaired) electrons. The topological polar surface area (TPSA) is 48.8 Å². The zero-order valence-corrected chi connectivity index (χ0v) is 7.36. The first kappa shape index (κ1) is 8.91. The molecule has 0 saturated carbocycles. The van der Waals surface area contributed by atoms with E-state index >= 15 is 0 Å². The highest BCUT2D eigenvalue weighted by molar-refractivity contribution is 6.23. The van der Waals surface area contributed by atoms with Crippen LogP contribution in [0.3, 0.4) is 0 Å². The predicted molar refractivity (Wildman–Crippen MR) is 48.8 cm³/mol. The van der Waals surface area contributed by atoms with Crippen molar-refractivity contribution in [2.75, 3.05) is 0 Å². The molecule has 1 aromatic carbocycles. The third kappa shape index (κ3) is 1.91. The zero-order chi connectivity index (χ0) is 9.03. The molecule has 1 rings (SSSR count). The van der Waals surface area contributed by atoms with Crippen LogP contribution in [0.2, 0.25) is 0 Å². The molecule has 0 spiro atoms. The summed E-state index contributed by atoms with van der Waals surface area (Å²) in [6.07, 6.45) is 0. The summed E-state index contributed by atoms with van der Waals surface area (Å²) in [6.45, 7) is 1.66. The largest absolute Gasteiger partial charge is 0.145 e. The fraction of sp³-hybridized carbons (Fsp3) is 0.250. The normalized spacial score (nSPS) is 14.5. The lowest BCUT2D eigenvalue weighted by molar-refractivity contribution is 0.713. The van der Waals surface area contributed by atoms with E-state index in [0.29, 0.717) is 0 Å². The van der Waals surface area contributed by atoms with Gasteiger partial charge in [0.15, 0.2) is 0 Å². The molecule has 4 heteroatoms. The molecule has 3 nitrogen and oxygen atoms in total. The monoisotopic (exact) mass is 181 g/mol. The lowest BCUT2D eigenvalue weighted by Gasteiger charge is -2.14. The maximum atomic E-state index is 8.24. The summed E-state index contributed by atoms with van der Waals surface area (Å²) < 4.78 is 0. The molecular formula is C8H8ClN3. The van der Waals surface area contributed by atoms with Crippen LogP contribution in [0.25, 0.3) is 10.4 Å². The number of hydrogen-bond donors (Lipinski definition) is 0. The first-order chi connectivity index (χ1) is 5.67. The Bertz CT molecular complexity index is 301. The predicted octanol–water partition coefficient (Wildman–Crippen LogP) is 3.41. The van der Waals surface area contributed by atoms with Crippen molar-refractivity contribution in [1.82, 2.24) is 0 Å². The van der Waals surface area contributed by atoms with Gasteiger partial charge in [0.1, 0.15) is 5.00 Å². The van der Waals surface area contributed by atoms with Crippen LogP contribution < -0.4 is 0 Å². The van der Waals surface area contributed by atoms with E-state index < -0.39 is 5.00 Å². The van der Waals surface area contributed by atoms with Crippen LogP contribution >= 0.6 is 11.6 Å². The molecule has 1 atom stereocenters. The molecule has 0 aliphatic rings. The van der Waals surface area contributed by atoms with Crippen LogP contribution in [0.5, 0.6) is 0 Å². The Morgan fingerprint density at radius 2 is 2.00 bits per heavy atom. The second-order valence-corrected chi connectivity index (χ2v) is 3.24. The van der Waals surface area contributed by atoms with Crippen molar-refractivity contribution in [2.45, 2.75) is 11.9 Å². The molecule has 0 aliphatic carbocycles. The minimum Gasteiger partial charge on any atom is -0.108 e. The molecule has 1 unspecified atom stereocenters. The third-order valence-electron chi connectivity index (χ3n) is 1.53. The maximum absolute atomic E-state index is 8.24. The fourth-order valence-electron chi connectivity index (χ4n) is 0.884. The van der Waals surface area contributed by atoms with Gasteiger partial charge in [0.05, 0.1) is 0 Å². The molecule has 0 amide bonds. The van der Waals surface area contributed by atoms with Crippen molar-refractivity contribution in [1.29, 1.82) is 0 Å². The standard InChI is InChI=1S/C8H8ClN3/c1-8(9,11-12-10)7-5-3-2-4-6-7/h2-6H,1H3. The van der Waals surface area contributed by atoms with Gasteiger partial charge in [-0.05, 0) is 18.0 Å². The van der Waals surface area contributed by atoms with Crippen molar-refractivity contribution in [2.24, 2.45) is 5.11 Å². The Labute approximate surface area is 75.6 Å². The summed E-state index contributed by atoms with van der Waals surface area (Å²) in [5.41, 5.74) is 9.03. The third-order valence-corrected chi connectivity index (χ3v) is 1.83. The van der Waals surface area contributed by atoms with Crippen LogP contribution in [0.4, 0.5) is 0 Å². The molecule has 62 valence electrons. The Kier molecular flexibility index (Phi) is 2.58. The Hall–Kier alpha value is -1.18. The van der Waals surface area contributed by atoms with Gasteiger partial charge in [-0.25, -0.2) is 0 Å². The Morgan fingerprint density at radius 3 is 2.50 bits per heavy atom. The lowest BCUT2D eigenvalue weighted by Crippen LogP contribution is -2.07. The molecule has 0 fully saturated rings. The fourth-order valence-corrected chi connectivity index (χ4v) is 1.04. The highest BCUT2D eigenvalue weighted by Gasteiger charge is 2.20. The Morgan fingerprint density at radius 1 is 1.42 bits per heavy atom. The second-order valence-electron chi connectivity index (χ2n) is 2.51. The molecule has 0 saturated heterocycles. The second kappa shape index (κ2) is 3.48. The van der Waals surface area contributed by atoms with Crippen LogP contribution in [-0.2, 0) is 5.00 Å². The average Bonchev–Trinajstić information content (AvgIpc) is 2.06. The van der Waals surface area contributed by atoms with Crippen molar-refractivity contribution >= 4 is 11.6 Å². The highest BCUT2D eigenvalue weighted by Crippen LogP contribution is 2.29. The van der Waals surface area contributed by atoms with Gasteiger partial charge in [-0.15, -0.1) is 11.6 Å². The number of azide groups is 1. The number of nitrogens with zero attached hydrogens (tertiary/aromatic N) is 3. The van der Waals surface area contributed by atoms with E-state index in [9.17, 15) is 0 Å². The summed E-state index contributed by atoms with van der Waals surface area (Å²) in [5.74, 6) is 0. The summed E-state index contributed by atoms with van der Waals surface area (Å²) in [6, 6.07) is 9.22. The van der Waals surface area contributed by atoms with Crippen LogP contribution in [-0.4, -0.2) is 0 Å². The highest BCUT2D eigenvalue weighted by atomic mass is 35.5. The quantitative estimate of drug-likeness (QED) is 0.221. The van der Waals surface area contributed by atoms with Crippen molar-refractivity contribution in [3.63, 3.8) is 0 Å². The van der Waals surface area contributed by atoms with Gasteiger partial charge in [0, 0.05) is 4.91 Å². The summed E-state index contributed by atoms with van der Waals surface area (Å²) >= 11 is 5.94. The number of rotatable bonds is 2. The number of hydrogen-bond acceptors (Lipinski definition) is 1. The van der Waals surface area contributed by atoms with Gasteiger partial charge in [-0.3, -0.25) is 0 Å². The van der Waals surface area contributed by atoms with E-state index in [1.54, 1.807) is 6.92 Å². The minimum atomic E-state index is -0.976. The maximum Gasteiger partial charge on any atom is 0.145 e. The van der Waals surface area contributed by atoms with Gasteiger partial charge < -0.3 is 0 Å². The number of halogens is 1. The Balaban J connectivity index is 3.05. The summed E-state index contributed by atoms with van der Waals surface area (Å²) in [4.78, 5) is 1.70.